The fourth-order valence-corrected chi connectivity index (χ4v) is 7.97. The van der Waals surface area contributed by atoms with E-state index in [1.165, 1.54) is 0 Å². The predicted octanol–water partition coefficient (Wildman–Crippen LogP) is 3.87. The fraction of sp³-hybridized carbons (Fsp3) is 0.800. The number of rotatable bonds is 21. The van der Waals surface area contributed by atoms with E-state index >= 15 is 0 Å². The molecule has 0 bridgehead atoms. The smallest absolute Gasteiger partial charge is 0.329 e. The largest absolute Gasteiger partial charge is 0.481 e. The lowest BCUT2D eigenvalue weighted by molar-refractivity contribution is -0.156. The molecular formula is C50H87N7O13. The van der Waals surface area contributed by atoms with Gasteiger partial charge in [0.2, 0.25) is 41.4 Å². The van der Waals surface area contributed by atoms with Crippen molar-refractivity contribution < 1.29 is 62.9 Å². The third-order valence-corrected chi connectivity index (χ3v) is 12.2. The molecule has 1 heterocycles. The molecule has 9 atom stereocenters. The molecule has 1 saturated heterocycles. The summed E-state index contributed by atoms with van der Waals surface area (Å²) in [5, 5.41) is 37.7. The molecule has 0 aromatic carbocycles. The monoisotopic (exact) mass is 994 g/mol. The van der Waals surface area contributed by atoms with E-state index in [-0.39, 0.29) is 49.9 Å². The van der Waals surface area contributed by atoms with Crippen LogP contribution in [0.2, 0.25) is 0 Å². The average molecular weight is 994 g/mol. The molecule has 20 heteroatoms. The van der Waals surface area contributed by atoms with Crippen LogP contribution < -0.4 is 37.2 Å². The van der Waals surface area contributed by atoms with E-state index in [1.54, 1.807) is 69.2 Å². The third kappa shape index (κ3) is 24.5. The van der Waals surface area contributed by atoms with Crippen LogP contribution in [0.25, 0.3) is 0 Å². The lowest BCUT2D eigenvalue weighted by Gasteiger charge is -2.29. The summed E-state index contributed by atoms with van der Waals surface area (Å²) in [5.74, 6) is -10.7. The molecule has 70 heavy (non-hydrogen) atoms. The number of carboxylic acids is 2. The number of carbonyl (C=O) groups is 10. The molecule has 0 saturated carbocycles. The Morgan fingerprint density at radius 1 is 0.514 bits per heavy atom. The highest BCUT2D eigenvalue weighted by Crippen LogP contribution is 2.19. The maximum atomic E-state index is 14.1. The lowest BCUT2D eigenvalue weighted by atomic mass is 9.98. The van der Waals surface area contributed by atoms with Gasteiger partial charge in [-0.2, -0.15) is 0 Å². The van der Waals surface area contributed by atoms with Crippen molar-refractivity contribution in [2.75, 3.05) is 0 Å². The normalized spacial score (nSPS) is 24.9. The van der Waals surface area contributed by atoms with E-state index in [2.05, 4.69) is 51.1 Å². The van der Waals surface area contributed by atoms with E-state index in [0.29, 0.717) is 12.3 Å². The Balaban J connectivity index is 3.98. The minimum absolute atomic E-state index is 0.0350. The Morgan fingerprint density at radius 3 is 1.39 bits per heavy atom. The molecular weight excluding hydrogens is 907 g/mol. The summed E-state index contributed by atoms with van der Waals surface area (Å²) in [6.45, 7) is 21.6. The molecule has 400 valence electrons. The minimum atomic E-state index is -1.72. The van der Waals surface area contributed by atoms with Gasteiger partial charge in [-0.25, -0.2) is 4.79 Å². The molecule has 7 amide bonds. The van der Waals surface area contributed by atoms with Crippen LogP contribution in [0.4, 0.5) is 0 Å². The van der Waals surface area contributed by atoms with Gasteiger partial charge in [0.25, 0.3) is 0 Å². The number of hydrogen-bond acceptors (Lipinski definition) is 11. The van der Waals surface area contributed by atoms with Crippen molar-refractivity contribution >= 4 is 59.3 Å². The van der Waals surface area contributed by atoms with Gasteiger partial charge in [-0.1, -0.05) is 115 Å². The Kier molecular flexibility index (Phi) is 28.5. The first-order chi connectivity index (χ1) is 32.6. The molecule has 0 aromatic heterocycles. The molecule has 0 aliphatic carbocycles. The van der Waals surface area contributed by atoms with Crippen molar-refractivity contribution in [2.24, 2.45) is 35.5 Å². The summed E-state index contributed by atoms with van der Waals surface area (Å²) in [6, 6.07) is -9.67. The Morgan fingerprint density at radius 2 is 0.943 bits per heavy atom. The minimum Gasteiger partial charge on any atom is -0.481 e. The topological polar surface area (TPSA) is 305 Å². The highest BCUT2D eigenvalue weighted by atomic mass is 16.5. The number of carbonyl (C=O) groups excluding carboxylic acids is 8. The van der Waals surface area contributed by atoms with E-state index in [9.17, 15) is 58.2 Å². The SMILES string of the molecule is CCC(C)CCCCCCC1CC(=O)NC(CCC(=O)O)C(=O)NC(CC(C)C)C(=O)NC(CC(C)C)C(=O)NC(C(C)C)C(=O)NC(CC(=O)O)C(=O)NC(CC(C)C)C(=O)NC(C(C)C)C(=O)O1. The number of carboxylic acid groups (broad SMARTS) is 2. The Bertz CT molecular complexity index is 1750. The quantitative estimate of drug-likeness (QED) is 0.0584. The van der Waals surface area contributed by atoms with Crippen LogP contribution in [-0.2, 0) is 52.7 Å². The first-order valence-corrected chi connectivity index (χ1v) is 25.4. The Hall–Kier alpha value is -5.30. The summed E-state index contributed by atoms with van der Waals surface area (Å²) in [5.41, 5.74) is 0. The van der Waals surface area contributed by atoms with Gasteiger partial charge in [0.05, 0.1) is 12.8 Å². The summed E-state index contributed by atoms with van der Waals surface area (Å²) >= 11 is 0. The average Bonchev–Trinajstić information content (AvgIpc) is 3.24. The fourth-order valence-electron chi connectivity index (χ4n) is 7.97. The number of ether oxygens (including phenoxy) is 1. The zero-order valence-electron chi connectivity index (χ0n) is 43.9. The van der Waals surface area contributed by atoms with Crippen LogP contribution in [0.1, 0.15) is 173 Å². The maximum absolute atomic E-state index is 14.1. The van der Waals surface area contributed by atoms with Gasteiger partial charge in [0, 0.05) is 6.42 Å². The van der Waals surface area contributed by atoms with Gasteiger partial charge in [-0.05, 0) is 74.0 Å². The summed E-state index contributed by atoms with van der Waals surface area (Å²) in [4.78, 5) is 136. The second-order valence-corrected chi connectivity index (χ2v) is 21.0. The zero-order chi connectivity index (χ0) is 53.4. The molecule has 1 aliphatic rings. The highest BCUT2D eigenvalue weighted by Gasteiger charge is 2.37. The number of hydrogen-bond donors (Lipinski definition) is 9. The van der Waals surface area contributed by atoms with Crippen molar-refractivity contribution in [3.63, 3.8) is 0 Å². The number of nitrogens with one attached hydrogen (secondary N) is 7. The second kappa shape index (κ2) is 31.8. The van der Waals surface area contributed by atoms with Crippen molar-refractivity contribution in [2.45, 2.75) is 221 Å². The lowest BCUT2D eigenvalue weighted by Crippen LogP contribution is -2.61. The van der Waals surface area contributed by atoms with Crippen LogP contribution in [0.15, 0.2) is 0 Å². The van der Waals surface area contributed by atoms with Crippen molar-refractivity contribution in [1.82, 2.24) is 37.2 Å². The van der Waals surface area contributed by atoms with Gasteiger partial charge in [-0.3, -0.25) is 43.2 Å². The molecule has 1 fully saturated rings. The van der Waals surface area contributed by atoms with Crippen LogP contribution >= 0.6 is 0 Å². The summed E-state index contributed by atoms with van der Waals surface area (Å²) in [6.07, 6.45) is 2.45. The van der Waals surface area contributed by atoms with E-state index in [0.717, 1.165) is 32.1 Å². The van der Waals surface area contributed by atoms with Gasteiger partial charge in [0.15, 0.2) is 0 Å². The zero-order valence-corrected chi connectivity index (χ0v) is 43.9. The van der Waals surface area contributed by atoms with E-state index < -0.39 is 139 Å². The molecule has 0 spiro atoms. The standard InChI is InChI=1S/C50H87N7O13/c1-13-32(12)18-16-14-15-17-19-33-25-39(58)51-34(20-21-40(59)60)44(63)52-35(22-27(2)3)45(64)53-36(23-28(4)5)47(66)56-42(30(8)9)49(68)55-38(26-41(61)62)46(65)54-37(24-29(6)7)48(67)57-43(31(10)11)50(69)70-33/h27-38,42-43H,13-26H2,1-12H3,(H,51,58)(H,52,63)(H,53,64)(H,54,65)(H,55,68)(H,56,66)(H,57,67)(H,59,60)(H,61,62). The van der Waals surface area contributed by atoms with Crippen LogP contribution in [0, 0.1) is 35.5 Å². The van der Waals surface area contributed by atoms with Crippen LogP contribution in [-0.4, -0.2) is 118 Å². The van der Waals surface area contributed by atoms with Gasteiger partial charge < -0.3 is 52.2 Å². The molecule has 0 radical (unpaired) electrons. The number of unbranched alkanes of at least 4 members (excludes halogenated alkanes) is 3. The van der Waals surface area contributed by atoms with Gasteiger partial charge >= 0.3 is 17.9 Å². The molecule has 9 N–H and O–H groups in total. The number of amides is 7. The van der Waals surface area contributed by atoms with Crippen molar-refractivity contribution in [1.29, 1.82) is 0 Å². The Labute approximate surface area is 415 Å². The predicted molar refractivity (Wildman–Crippen MR) is 262 cm³/mol. The summed E-state index contributed by atoms with van der Waals surface area (Å²) in [7, 11) is 0. The van der Waals surface area contributed by atoms with E-state index in [1.807, 2.05) is 0 Å². The third-order valence-electron chi connectivity index (χ3n) is 12.2. The van der Waals surface area contributed by atoms with Crippen molar-refractivity contribution in [3.8, 4) is 0 Å². The van der Waals surface area contributed by atoms with Gasteiger partial charge in [0.1, 0.15) is 48.4 Å². The second-order valence-electron chi connectivity index (χ2n) is 21.0. The van der Waals surface area contributed by atoms with Gasteiger partial charge in [-0.15, -0.1) is 0 Å². The number of esters is 1. The number of cyclic esters (lactones) is 1. The molecule has 1 aliphatic heterocycles. The molecule has 1 rings (SSSR count). The van der Waals surface area contributed by atoms with Crippen molar-refractivity contribution in [3.05, 3.63) is 0 Å². The highest BCUT2D eigenvalue weighted by molar-refractivity contribution is 5.98. The molecule has 20 nitrogen and oxygen atoms in total. The van der Waals surface area contributed by atoms with Crippen LogP contribution in [0.3, 0.4) is 0 Å². The number of aliphatic carboxylic acids is 2. The first kappa shape index (κ1) is 62.7. The van der Waals surface area contributed by atoms with Crippen LogP contribution in [0.5, 0.6) is 0 Å². The molecule has 0 aromatic rings. The molecule has 9 unspecified atom stereocenters. The summed E-state index contributed by atoms with van der Waals surface area (Å²) < 4.78 is 5.98. The first-order valence-electron chi connectivity index (χ1n) is 25.4. The van der Waals surface area contributed by atoms with E-state index in [4.69, 9.17) is 4.74 Å². The maximum Gasteiger partial charge on any atom is 0.329 e.